The summed E-state index contributed by atoms with van der Waals surface area (Å²) in [7, 11) is 0. The Morgan fingerprint density at radius 1 is 1.05 bits per heavy atom. The molecule has 0 unspecified atom stereocenters. The van der Waals surface area contributed by atoms with Crippen LogP contribution in [0.4, 0.5) is 0 Å². The summed E-state index contributed by atoms with van der Waals surface area (Å²) in [5.74, 6) is 2.17. The Labute approximate surface area is 257 Å². The number of furan rings is 1. The topological polar surface area (TPSA) is 95.9 Å². The second-order valence-electron chi connectivity index (χ2n) is 10.9. The first-order valence-electron chi connectivity index (χ1n) is 15.0. The van der Waals surface area contributed by atoms with Crippen LogP contribution in [0.15, 0.2) is 87.1 Å². The van der Waals surface area contributed by atoms with E-state index in [1.54, 1.807) is 24.3 Å². The van der Waals surface area contributed by atoms with Gasteiger partial charge in [0.2, 0.25) is 0 Å². The van der Waals surface area contributed by atoms with Crippen LogP contribution in [-0.2, 0) is 4.74 Å². The molecule has 0 saturated carbocycles. The number of fused-ring (bicyclic) bond motifs is 1. The zero-order valence-corrected chi connectivity index (χ0v) is 25.8. The van der Waals surface area contributed by atoms with Gasteiger partial charge in [0, 0.05) is 11.1 Å². The largest absolute Gasteiger partial charge is 0.494 e. The van der Waals surface area contributed by atoms with Crippen molar-refractivity contribution in [1.82, 2.24) is 9.66 Å². The summed E-state index contributed by atoms with van der Waals surface area (Å²) < 4.78 is 18.6. The minimum Gasteiger partial charge on any atom is -0.494 e. The normalized spacial score (nSPS) is 11.5. The van der Waals surface area contributed by atoms with Crippen LogP contribution < -0.4 is 10.3 Å². The molecule has 0 N–H and O–H groups in total. The van der Waals surface area contributed by atoms with Gasteiger partial charge in [-0.15, -0.1) is 0 Å². The zero-order chi connectivity index (χ0) is 31.2. The standard InChI is InChI=1S/C36H37N3O5/c1-6-8-19-43-36(41)26-15-13-25(14-16-26)32-18-17-27(44-32)22-37-39-34(38-31-12-10-9-11-28(31)35(39)40)30-21-29(23(3)4)33(42-7-2)20-24(30)5/h9-18,20-23H,6-8,19H2,1-5H3. The van der Waals surface area contributed by atoms with Gasteiger partial charge < -0.3 is 13.9 Å². The van der Waals surface area contributed by atoms with E-state index in [0.717, 1.165) is 40.8 Å². The van der Waals surface area contributed by atoms with Gasteiger partial charge in [0.05, 0.1) is 35.9 Å². The van der Waals surface area contributed by atoms with E-state index in [1.807, 2.05) is 69.3 Å². The summed E-state index contributed by atoms with van der Waals surface area (Å²) in [6.45, 7) is 11.2. The summed E-state index contributed by atoms with van der Waals surface area (Å²) >= 11 is 0. The highest BCUT2D eigenvalue weighted by atomic mass is 16.5. The van der Waals surface area contributed by atoms with Gasteiger partial charge in [-0.25, -0.2) is 9.78 Å². The Morgan fingerprint density at radius 3 is 2.55 bits per heavy atom. The van der Waals surface area contributed by atoms with E-state index in [0.29, 0.717) is 47.0 Å². The van der Waals surface area contributed by atoms with Gasteiger partial charge >= 0.3 is 5.97 Å². The first-order valence-corrected chi connectivity index (χ1v) is 15.0. The molecule has 0 aliphatic heterocycles. The Balaban J connectivity index is 1.50. The molecule has 8 heteroatoms. The number of hydrogen-bond donors (Lipinski definition) is 0. The number of aromatic nitrogens is 2. The van der Waals surface area contributed by atoms with Gasteiger partial charge in [-0.1, -0.05) is 51.5 Å². The van der Waals surface area contributed by atoms with Crippen molar-refractivity contribution in [1.29, 1.82) is 0 Å². The van der Waals surface area contributed by atoms with Crippen molar-refractivity contribution < 1.29 is 18.7 Å². The number of unbranched alkanes of at least 4 members (excludes halogenated alkanes) is 1. The first kappa shape index (κ1) is 30.5. The lowest BCUT2D eigenvalue weighted by Gasteiger charge is -2.18. The number of carbonyl (C=O) groups excluding carboxylic acids is 1. The highest BCUT2D eigenvalue weighted by Crippen LogP contribution is 2.34. The third kappa shape index (κ3) is 6.49. The highest BCUT2D eigenvalue weighted by molar-refractivity contribution is 5.90. The van der Waals surface area contributed by atoms with E-state index in [-0.39, 0.29) is 17.4 Å². The van der Waals surface area contributed by atoms with Gasteiger partial charge in [0.1, 0.15) is 17.3 Å². The predicted octanol–water partition coefficient (Wildman–Crippen LogP) is 7.99. The van der Waals surface area contributed by atoms with E-state index >= 15 is 0 Å². The van der Waals surface area contributed by atoms with Crippen LogP contribution in [0.5, 0.6) is 5.75 Å². The Morgan fingerprint density at radius 2 is 1.82 bits per heavy atom. The molecule has 0 aliphatic rings. The first-order chi connectivity index (χ1) is 21.3. The fourth-order valence-electron chi connectivity index (χ4n) is 4.93. The number of carbonyl (C=O) groups is 1. The summed E-state index contributed by atoms with van der Waals surface area (Å²) in [6.07, 6.45) is 3.31. The minimum atomic E-state index is -0.342. The molecule has 2 heterocycles. The molecule has 0 radical (unpaired) electrons. The maximum atomic E-state index is 13.8. The summed E-state index contributed by atoms with van der Waals surface area (Å²) in [4.78, 5) is 30.9. The van der Waals surface area contributed by atoms with Gasteiger partial charge in [0.15, 0.2) is 5.82 Å². The van der Waals surface area contributed by atoms with Crippen molar-refractivity contribution >= 4 is 23.1 Å². The van der Waals surface area contributed by atoms with Gasteiger partial charge in [-0.2, -0.15) is 9.78 Å². The van der Waals surface area contributed by atoms with Crippen molar-refractivity contribution in [2.24, 2.45) is 5.10 Å². The minimum absolute atomic E-state index is 0.197. The lowest BCUT2D eigenvalue weighted by molar-refractivity contribution is 0.0499. The molecule has 44 heavy (non-hydrogen) atoms. The Hall–Kier alpha value is -4.98. The van der Waals surface area contributed by atoms with Crippen LogP contribution in [-0.4, -0.2) is 35.1 Å². The molecule has 0 spiro atoms. The molecule has 2 aromatic heterocycles. The maximum absolute atomic E-state index is 13.8. The fraction of sp³-hybridized carbons (Fsp3) is 0.278. The highest BCUT2D eigenvalue weighted by Gasteiger charge is 2.19. The number of hydrogen-bond acceptors (Lipinski definition) is 7. The van der Waals surface area contributed by atoms with E-state index in [1.165, 1.54) is 10.9 Å². The molecular weight excluding hydrogens is 554 g/mol. The molecule has 0 saturated heterocycles. The van der Waals surface area contributed by atoms with Crippen LogP contribution in [0.3, 0.4) is 0 Å². The van der Waals surface area contributed by atoms with Crippen LogP contribution in [0, 0.1) is 6.92 Å². The number of rotatable bonds is 11. The summed E-state index contributed by atoms with van der Waals surface area (Å²) in [5.41, 5.74) is 4.34. The van der Waals surface area contributed by atoms with Crippen LogP contribution in [0.25, 0.3) is 33.6 Å². The number of benzene rings is 3. The number of para-hydroxylation sites is 1. The Kier molecular flexibility index (Phi) is 9.38. The second-order valence-corrected chi connectivity index (χ2v) is 10.9. The molecule has 0 fully saturated rings. The predicted molar refractivity (Wildman–Crippen MR) is 174 cm³/mol. The summed E-state index contributed by atoms with van der Waals surface area (Å²) in [5, 5.41) is 5.05. The quantitative estimate of drug-likeness (QED) is 0.0877. The van der Waals surface area contributed by atoms with Gasteiger partial charge in [-0.05, 0) is 85.8 Å². The van der Waals surface area contributed by atoms with Crippen molar-refractivity contribution in [2.75, 3.05) is 13.2 Å². The van der Waals surface area contributed by atoms with E-state index < -0.39 is 0 Å². The SMILES string of the molecule is CCCCOC(=O)c1ccc(-c2ccc(C=Nn3c(-c4cc(C(C)C)c(OCC)cc4C)nc4ccccc4c3=O)o2)cc1. The number of esters is 1. The molecule has 5 aromatic rings. The third-order valence-corrected chi connectivity index (χ3v) is 7.34. The fourth-order valence-corrected chi connectivity index (χ4v) is 4.93. The lowest BCUT2D eigenvalue weighted by atomic mass is 9.96. The molecule has 0 bridgehead atoms. The number of nitrogens with zero attached hydrogens (tertiary/aromatic N) is 3. The molecular formula is C36H37N3O5. The van der Waals surface area contributed by atoms with Crippen molar-refractivity contribution in [3.8, 4) is 28.5 Å². The lowest BCUT2D eigenvalue weighted by Crippen LogP contribution is -2.20. The smallest absolute Gasteiger partial charge is 0.338 e. The third-order valence-electron chi connectivity index (χ3n) is 7.34. The van der Waals surface area contributed by atoms with Gasteiger partial charge in [-0.3, -0.25) is 4.79 Å². The molecule has 0 amide bonds. The monoisotopic (exact) mass is 591 g/mol. The van der Waals surface area contributed by atoms with Crippen LogP contribution in [0.1, 0.15) is 73.7 Å². The van der Waals surface area contributed by atoms with Crippen molar-refractivity contribution in [2.45, 2.75) is 53.4 Å². The average Bonchev–Trinajstić information content (AvgIpc) is 3.50. The van der Waals surface area contributed by atoms with E-state index in [9.17, 15) is 9.59 Å². The molecule has 0 atom stereocenters. The van der Waals surface area contributed by atoms with Crippen molar-refractivity contribution in [3.05, 3.63) is 106 Å². The molecule has 8 nitrogen and oxygen atoms in total. The molecule has 3 aromatic carbocycles. The van der Waals surface area contributed by atoms with Gasteiger partial charge in [0.25, 0.3) is 5.56 Å². The molecule has 0 aliphatic carbocycles. The average molecular weight is 592 g/mol. The van der Waals surface area contributed by atoms with E-state index in [4.69, 9.17) is 18.9 Å². The number of ether oxygens (including phenoxy) is 2. The summed E-state index contributed by atoms with van der Waals surface area (Å²) in [6, 6.07) is 22.0. The second kappa shape index (κ2) is 13.5. The van der Waals surface area contributed by atoms with Crippen molar-refractivity contribution in [3.63, 3.8) is 0 Å². The van der Waals surface area contributed by atoms with Crippen LogP contribution >= 0.6 is 0 Å². The molecule has 226 valence electrons. The number of aryl methyl sites for hydroxylation is 1. The molecule has 5 rings (SSSR count). The maximum Gasteiger partial charge on any atom is 0.338 e. The van der Waals surface area contributed by atoms with E-state index in [2.05, 4.69) is 18.9 Å². The van der Waals surface area contributed by atoms with Crippen LogP contribution in [0.2, 0.25) is 0 Å². The zero-order valence-electron chi connectivity index (χ0n) is 25.8. The Bertz CT molecular complexity index is 1870.